The molecule has 0 radical (unpaired) electrons. The Morgan fingerprint density at radius 3 is 2.81 bits per heavy atom. The number of ether oxygens (including phenoxy) is 2. The number of unbranched alkanes of at least 4 members (excludes halogenated alkanes) is 1. The molecule has 0 aliphatic carbocycles. The molecule has 1 N–H and O–H groups in total. The van der Waals surface area contributed by atoms with Crippen molar-refractivity contribution in [3.8, 4) is 11.5 Å². The molecule has 1 amide bonds. The summed E-state index contributed by atoms with van der Waals surface area (Å²) in [6.07, 6.45) is 6.20. The van der Waals surface area contributed by atoms with Crippen LogP contribution in [0.4, 0.5) is 0 Å². The fourth-order valence-corrected chi connectivity index (χ4v) is 2.99. The zero-order chi connectivity index (χ0) is 17.9. The molecular weight excluding hydrogens is 352 g/mol. The smallest absolute Gasteiger partial charge is 0.222 e. The van der Waals surface area contributed by atoms with Crippen molar-refractivity contribution in [3.05, 3.63) is 23.8 Å². The van der Waals surface area contributed by atoms with Crippen molar-refractivity contribution in [1.29, 1.82) is 0 Å². The lowest BCUT2D eigenvalue weighted by molar-refractivity contribution is -0.130. The zero-order valence-electron chi connectivity index (χ0n) is 16.1. The monoisotopic (exact) mass is 384 g/mol. The van der Waals surface area contributed by atoms with Crippen LogP contribution in [0, 0.1) is 0 Å². The molecule has 0 atom stereocenters. The maximum Gasteiger partial charge on any atom is 0.222 e. The number of carbonyl (C=O) groups excluding carboxylic acids is 1. The second-order valence-corrected chi connectivity index (χ2v) is 6.56. The van der Waals surface area contributed by atoms with Crippen molar-refractivity contribution in [2.75, 3.05) is 33.4 Å². The quantitative estimate of drug-likeness (QED) is 0.623. The first-order chi connectivity index (χ1) is 12.2. The first-order valence-corrected chi connectivity index (χ1v) is 9.52. The van der Waals surface area contributed by atoms with Gasteiger partial charge >= 0.3 is 0 Å². The van der Waals surface area contributed by atoms with Crippen LogP contribution < -0.4 is 14.8 Å². The highest BCUT2D eigenvalue weighted by Gasteiger charge is 2.15. The van der Waals surface area contributed by atoms with Gasteiger partial charge in [0, 0.05) is 32.6 Å². The van der Waals surface area contributed by atoms with Gasteiger partial charge in [0.25, 0.3) is 0 Å². The Balaban J connectivity index is 0.00000338. The van der Waals surface area contributed by atoms with Crippen molar-refractivity contribution in [3.63, 3.8) is 0 Å². The van der Waals surface area contributed by atoms with Gasteiger partial charge in [-0.15, -0.1) is 12.4 Å². The van der Waals surface area contributed by atoms with Crippen LogP contribution in [0.3, 0.4) is 0 Å². The molecule has 0 bridgehead atoms. The van der Waals surface area contributed by atoms with E-state index in [1.54, 1.807) is 7.11 Å². The zero-order valence-corrected chi connectivity index (χ0v) is 16.9. The molecule has 1 fully saturated rings. The average molecular weight is 385 g/mol. The second-order valence-electron chi connectivity index (χ2n) is 6.56. The van der Waals surface area contributed by atoms with Crippen LogP contribution in [-0.4, -0.2) is 44.2 Å². The average Bonchev–Trinajstić information content (AvgIpc) is 2.84. The number of hydrogen-bond donors (Lipinski definition) is 1. The van der Waals surface area contributed by atoms with Crippen molar-refractivity contribution in [1.82, 2.24) is 10.2 Å². The van der Waals surface area contributed by atoms with E-state index >= 15 is 0 Å². The third kappa shape index (κ3) is 7.42. The van der Waals surface area contributed by atoms with Crippen LogP contribution in [0.5, 0.6) is 11.5 Å². The van der Waals surface area contributed by atoms with Crippen LogP contribution in [0.2, 0.25) is 0 Å². The third-order valence-corrected chi connectivity index (χ3v) is 4.54. The van der Waals surface area contributed by atoms with Gasteiger partial charge in [0.1, 0.15) is 0 Å². The summed E-state index contributed by atoms with van der Waals surface area (Å²) in [4.78, 5) is 14.0. The van der Waals surface area contributed by atoms with Gasteiger partial charge in [-0.05, 0) is 37.0 Å². The lowest BCUT2D eigenvalue weighted by atomic mass is 10.2. The van der Waals surface area contributed by atoms with E-state index in [1.165, 1.54) is 6.42 Å². The number of benzene rings is 1. The predicted octanol–water partition coefficient (Wildman–Crippen LogP) is 3.79. The Hall–Kier alpha value is -1.46. The minimum atomic E-state index is 0. The lowest BCUT2D eigenvalue weighted by Gasteiger charge is -2.20. The van der Waals surface area contributed by atoms with Gasteiger partial charge in [0.2, 0.25) is 5.91 Å². The van der Waals surface area contributed by atoms with E-state index in [2.05, 4.69) is 18.3 Å². The molecule has 1 aromatic carbocycles. The highest BCUT2D eigenvalue weighted by Crippen LogP contribution is 2.28. The van der Waals surface area contributed by atoms with Crippen LogP contribution >= 0.6 is 12.4 Å². The molecule has 0 spiro atoms. The van der Waals surface area contributed by atoms with E-state index in [-0.39, 0.29) is 12.4 Å². The molecule has 1 aliphatic rings. The highest BCUT2D eigenvalue weighted by atomic mass is 35.5. The van der Waals surface area contributed by atoms with E-state index in [4.69, 9.17) is 9.47 Å². The van der Waals surface area contributed by atoms with E-state index < -0.39 is 0 Å². The number of amides is 1. The predicted molar refractivity (Wildman–Crippen MR) is 107 cm³/mol. The standard InChI is InChI=1S/C20H32N2O3.ClH/c1-3-4-14-25-18-10-9-17(15-19(18)24-2)16-21-11-13-22-12-7-5-6-8-20(22)23;/h9-10,15,21H,3-8,11-14,16H2,1-2H3;1H. The minimum absolute atomic E-state index is 0. The maximum atomic E-state index is 12.0. The molecule has 1 saturated heterocycles. The molecule has 26 heavy (non-hydrogen) atoms. The number of halogens is 1. The van der Waals surface area contributed by atoms with Crippen molar-refractivity contribution >= 4 is 18.3 Å². The molecule has 2 rings (SSSR count). The Labute approximate surface area is 163 Å². The molecule has 5 nitrogen and oxygen atoms in total. The summed E-state index contributed by atoms with van der Waals surface area (Å²) >= 11 is 0. The van der Waals surface area contributed by atoms with Gasteiger partial charge in [-0.1, -0.05) is 25.8 Å². The molecular formula is C20H33ClN2O3. The summed E-state index contributed by atoms with van der Waals surface area (Å²) in [5, 5.41) is 3.42. The van der Waals surface area contributed by atoms with Gasteiger partial charge in [-0.2, -0.15) is 0 Å². The molecule has 0 unspecified atom stereocenters. The largest absolute Gasteiger partial charge is 0.493 e. The van der Waals surface area contributed by atoms with Crippen LogP contribution in [0.1, 0.15) is 51.0 Å². The summed E-state index contributed by atoms with van der Waals surface area (Å²) in [6.45, 7) is 6.12. The summed E-state index contributed by atoms with van der Waals surface area (Å²) in [5.41, 5.74) is 1.15. The van der Waals surface area contributed by atoms with Gasteiger partial charge < -0.3 is 19.7 Å². The number of nitrogens with one attached hydrogen (secondary N) is 1. The molecule has 6 heteroatoms. The van der Waals surface area contributed by atoms with E-state index in [0.717, 1.165) is 68.9 Å². The van der Waals surface area contributed by atoms with Gasteiger partial charge in [0.05, 0.1) is 13.7 Å². The van der Waals surface area contributed by atoms with Crippen LogP contribution in [0.25, 0.3) is 0 Å². The first-order valence-electron chi connectivity index (χ1n) is 9.52. The number of hydrogen-bond acceptors (Lipinski definition) is 4. The number of nitrogens with zero attached hydrogens (tertiary/aromatic N) is 1. The molecule has 1 aliphatic heterocycles. The minimum Gasteiger partial charge on any atom is -0.493 e. The SMILES string of the molecule is CCCCOc1ccc(CNCCN2CCCCCC2=O)cc1OC.Cl. The fraction of sp³-hybridized carbons (Fsp3) is 0.650. The normalized spacial score (nSPS) is 14.5. The second kappa shape index (κ2) is 12.8. The Bertz CT molecular complexity index is 540. The summed E-state index contributed by atoms with van der Waals surface area (Å²) in [6, 6.07) is 6.06. The van der Waals surface area contributed by atoms with Crippen molar-refractivity contribution in [2.45, 2.75) is 52.0 Å². The molecule has 0 saturated carbocycles. The molecule has 0 aromatic heterocycles. The summed E-state index contributed by atoms with van der Waals surface area (Å²) < 4.78 is 11.2. The molecule has 148 valence electrons. The van der Waals surface area contributed by atoms with Crippen molar-refractivity contribution in [2.24, 2.45) is 0 Å². The topological polar surface area (TPSA) is 50.8 Å². The third-order valence-electron chi connectivity index (χ3n) is 4.54. The van der Waals surface area contributed by atoms with E-state index in [9.17, 15) is 4.79 Å². The van der Waals surface area contributed by atoms with Gasteiger partial charge in [-0.3, -0.25) is 4.79 Å². The Morgan fingerprint density at radius 2 is 2.04 bits per heavy atom. The number of likely N-dealkylation sites (tertiary alicyclic amines) is 1. The van der Waals surface area contributed by atoms with Crippen LogP contribution in [0.15, 0.2) is 18.2 Å². The molecule has 1 aromatic rings. The van der Waals surface area contributed by atoms with Crippen molar-refractivity contribution < 1.29 is 14.3 Å². The first kappa shape index (κ1) is 22.6. The Kier molecular flexibility index (Phi) is 11.1. The Morgan fingerprint density at radius 1 is 1.19 bits per heavy atom. The highest BCUT2D eigenvalue weighted by molar-refractivity contribution is 5.85. The number of rotatable bonds is 10. The van der Waals surface area contributed by atoms with Gasteiger partial charge in [-0.25, -0.2) is 0 Å². The van der Waals surface area contributed by atoms with E-state index in [0.29, 0.717) is 18.9 Å². The number of methoxy groups -OCH3 is 1. The summed E-state index contributed by atoms with van der Waals surface area (Å²) in [7, 11) is 1.67. The molecule has 1 heterocycles. The lowest BCUT2D eigenvalue weighted by Crippen LogP contribution is -2.36. The van der Waals surface area contributed by atoms with E-state index in [1.807, 2.05) is 17.0 Å². The fourth-order valence-electron chi connectivity index (χ4n) is 2.99. The summed E-state index contributed by atoms with van der Waals surface area (Å²) in [5.74, 6) is 1.88. The van der Waals surface area contributed by atoms with Crippen LogP contribution in [-0.2, 0) is 11.3 Å². The number of carbonyl (C=O) groups is 1. The van der Waals surface area contributed by atoms with Gasteiger partial charge in [0.15, 0.2) is 11.5 Å². The maximum absolute atomic E-state index is 12.0.